The van der Waals surface area contributed by atoms with Gasteiger partial charge in [0.2, 0.25) is 0 Å². The van der Waals surface area contributed by atoms with Crippen LogP contribution in [0.2, 0.25) is 10.0 Å². The van der Waals surface area contributed by atoms with Gasteiger partial charge in [0.15, 0.2) is 0 Å². The second-order valence-electron chi connectivity index (χ2n) is 4.94. The SMILES string of the molecule is CC(C)NC(=O)Nc1ccc(Nc2ccc(Cl)c(Cl)c2)nc1. The fourth-order valence-electron chi connectivity index (χ4n) is 1.69. The lowest BCUT2D eigenvalue weighted by Gasteiger charge is -2.11. The smallest absolute Gasteiger partial charge is 0.319 e. The second kappa shape index (κ2) is 7.33. The Kier molecular flexibility index (Phi) is 5.46. The molecule has 0 spiro atoms. The van der Waals surface area contributed by atoms with Gasteiger partial charge < -0.3 is 16.0 Å². The van der Waals surface area contributed by atoms with Gasteiger partial charge in [0.25, 0.3) is 0 Å². The van der Waals surface area contributed by atoms with Gasteiger partial charge in [-0.05, 0) is 44.2 Å². The average Bonchev–Trinajstić information content (AvgIpc) is 2.44. The van der Waals surface area contributed by atoms with Crippen LogP contribution >= 0.6 is 23.2 Å². The number of benzene rings is 1. The predicted octanol–water partition coefficient (Wildman–Crippen LogP) is 4.66. The van der Waals surface area contributed by atoms with Gasteiger partial charge in [-0.25, -0.2) is 9.78 Å². The minimum Gasteiger partial charge on any atom is -0.340 e. The molecule has 2 amide bonds. The van der Waals surface area contributed by atoms with E-state index in [-0.39, 0.29) is 12.1 Å². The van der Waals surface area contributed by atoms with Crippen LogP contribution in [0, 0.1) is 0 Å². The number of rotatable bonds is 4. The topological polar surface area (TPSA) is 66.1 Å². The molecule has 0 aliphatic rings. The van der Waals surface area contributed by atoms with Crippen molar-refractivity contribution in [3.63, 3.8) is 0 Å². The minimum absolute atomic E-state index is 0.0727. The Bertz CT molecular complexity index is 659. The van der Waals surface area contributed by atoms with Crippen molar-refractivity contribution in [2.75, 3.05) is 10.6 Å². The molecule has 116 valence electrons. The Balaban J connectivity index is 1.99. The molecule has 0 aliphatic carbocycles. The van der Waals surface area contributed by atoms with E-state index in [9.17, 15) is 4.79 Å². The van der Waals surface area contributed by atoms with Crippen LogP contribution < -0.4 is 16.0 Å². The van der Waals surface area contributed by atoms with Crippen molar-refractivity contribution in [3.8, 4) is 0 Å². The van der Waals surface area contributed by atoms with Crippen molar-refractivity contribution < 1.29 is 4.79 Å². The molecule has 1 aromatic heterocycles. The number of amides is 2. The molecule has 22 heavy (non-hydrogen) atoms. The predicted molar refractivity (Wildman–Crippen MR) is 91.3 cm³/mol. The lowest BCUT2D eigenvalue weighted by molar-refractivity contribution is 0.250. The number of halogens is 2. The molecule has 0 unspecified atom stereocenters. The summed E-state index contributed by atoms with van der Waals surface area (Å²) in [4.78, 5) is 15.8. The van der Waals surface area contributed by atoms with Crippen molar-refractivity contribution in [1.29, 1.82) is 0 Å². The zero-order chi connectivity index (χ0) is 16.1. The third-order valence-electron chi connectivity index (χ3n) is 2.63. The van der Waals surface area contributed by atoms with E-state index in [1.165, 1.54) is 0 Å². The van der Waals surface area contributed by atoms with Crippen LogP contribution in [0.4, 0.5) is 22.0 Å². The highest BCUT2D eigenvalue weighted by molar-refractivity contribution is 6.42. The van der Waals surface area contributed by atoms with Gasteiger partial charge in [0.05, 0.1) is 21.9 Å². The minimum atomic E-state index is -0.262. The molecule has 2 rings (SSSR count). The molecule has 5 nitrogen and oxygen atoms in total. The van der Waals surface area contributed by atoms with Crippen LogP contribution in [0.5, 0.6) is 0 Å². The summed E-state index contributed by atoms with van der Waals surface area (Å²) in [5, 5.41) is 9.50. The van der Waals surface area contributed by atoms with E-state index in [1.54, 1.807) is 36.5 Å². The van der Waals surface area contributed by atoms with Crippen LogP contribution in [0.3, 0.4) is 0 Å². The molecule has 0 atom stereocenters. The average molecular weight is 339 g/mol. The molecule has 2 aromatic rings. The molecule has 0 bridgehead atoms. The molecular weight excluding hydrogens is 323 g/mol. The summed E-state index contributed by atoms with van der Waals surface area (Å²) in [5.74, 6) is 0.633. The van der Waals surface area contributed by atoms with E-state index in [4.69, 9.17) is 23.2 Å². The summed E-state index contributed by atoms with van der Waals surface area (Å²) in [6.07, 6.45) is 1.57. The molecular formula is C15H16Cl2N4O. The molecule has 0 saturated carbocycles. The lowest BCUT2D eigenvalue weighted by atomic mass is 10.3. The highest BCUT2D eigenvalue weighted by Crippen LogP contribution is 2.26. The van der Waals surface area contributed by atoms with E-state index in [1.807, 2.05) is 13.8 Å². The van der Waals surface area contributed by atoms with Gasteiger partial charge in [0, 0.05) is 11.7 Å². The van der Waals surface area contributed by atoms with Crippen molar-refractivity contribution in [1.82, 2.24) is 10.3 Å². The van der Waals surface area contributed by atoms with Gasteiger partial charge in [-0.3, -0.25) is 0 Å². The number of hydrogen-bond donors (Lipinski definition) is 3. The molecule has 7 heteroatoms. The first-order valence-corrected chi connectivity index (χ1v) is 7.45. The fourth-order valence-corrected chi connectivity index (χ4v) is 1.99. The Morgan fingerprint density at radius 3 is 2.41 bits per heavy atom. The zero-order valence-electron chi connectivity index (χ0n) is 12.2. The number of urea groups is 1. The van der Waals surface area contributed by atoms with Crippen molar-refractivity contribution in [2.45, 2.75) is 19.9 Å². The first kappa shape index (κ1) is 16.4. The van der Waals surface area contributed by atoms with Crippen molar-refractivity contribution in [3.05, 3.63) is 46.6 Å². The van der Waals surface area contributed by atoms with Crippen molar-refractivity contribution >= 4 is 46.4 Å². The molecule has 3 N–H and O–H groups in total. The van der Waals surface area contributed by atoms with Crippen LogP contribution in [0.25, 0.3) is 0 Å². The van der Waals surface area contributed by atoms with Crippen LogP contribution in [-0.4, -0.2) is 17.1 Å². The number of pyridine rings is 1. The highest BCUT2D eigenvalue weighted by atomic mass is 35.5. The Labute approximate surface area is 139 Å². The quantitative estimate of drug-likeness (QED) is 0.759. The number of carbonyl (C=O) groups excluding carboxylic acids is 1. The van der Waals surface area contributed by atoms with Gasteiger partial charge in [-0.15, -0.1) is 0 Å². The lowest BCUT2D eigenvalue weighted by Crippen LogP contribution is -2.34. The van der Waals surface area contributed by atoms with Gasteiger partial charge in [0.1, 0.15) is 5.82 Å². The van der Waals surface area contributed by atoms with E-state index in [2.05, 4.69) is 20.9 Å². The second-order valence-corrected chi connectivity index (χ2v) is 5.75. The Morgan fingerprint density at radius 1 is 1.09 bits per heavy atom. The first-order valence-electron chi connectivity index (χ1n) is 6.69. The Hall–Kier alpha value is -1.98. The first-order chi connectivity index (χ1) is 10.4. The maximum Gasteiger partial charge on any atom is 0.319 e. The summed E-state index contributed by atoms with van der Waals surface area (Å²) in [6, 6.07) is 8.55. The number of aromatic nitrogens is 1. The zero-order valence-corrected chi connectivity index (χ0v) is 13.7. The summed E-state index contributed by atoms with van der Waals surface area (Å²) in [7, 11) is 0. The molecule has 1 heterocycles. The maximum atomic E-state index is 11.6. The summed E-state index contributed by atoms with van der Waals surface area (Å²) >= 11 is 11.8. The largest absolute Gasteiger partial charge is 0.340 e. The van der Waals surface area contributed by atoms with Crippen LogP contribution in [0.1, 0.15) is 13.8 Å². The molecule has 1 aromatic carbocycles. The number of nitrogens with one attached hydrogen (secondary N) is 3. The molecule has 0 radical (unpaired) electrons. The van der Waals surface area contributed by atoms with E-state index in [0.717, 1.165) is 5.69 Å². The third kappa shape index (κ3) is 4.79. The van der Waals surface area contributed by atoms with Crippen LogP contribution in [0.15, 0.2) is 36.5 Å². The number of nitrogens with zero attached hydrogens (tertiary/aromatic N) is 1. The number of hydrogen-bond acceptors (Lipinski definition) is 3. The summed E-state index contributed by atoms with van der Waals surface area (Å²) < 4.78 is 0. The summed E-state index contributed by atoms with van der Waals surface area (Å²) in [5.41, 5.74) is 1.39. The highest BCUT2D eigenvalue weighted by Gasteiger charge is 2.04. The summed E-state index contributed by atoms with van der Waals surface area (Å²) in [6.45, 7) is 3.78. The van der Waals surface area contributed by atoms with Gasteiger partial charge in [-0.1, -0.05) is 23.2 Å². The molecule has 0 aliphatic heterocycles. The number of carbonyl (C=O) groups is 1. The van der Waals surface area contributed by atoms with E-state index < -0.39 is 0 Å². The molecule has 0 fully saturated rings. The van der Waals surface area contributed by atoms with E-state index >= 15 is 0 Å². The normalized spacial score (nSPS) is 10.4. The maximum absolute atomic E-state index is 11.6. The number of anilines is 3. The Morgan fingerprint density at radius 2 is 1.82 bits per heavy atom. The standard InChI is InChI=1S/C15H16Cl2N4O/c1-9(2)19-15(22)21-11-4-6-14(18-8-11)20-10-3-5-12(16)13(17)7-10/h3-9H,1-2H3,(H,18,20)(H2,19,21,22). The fraction of sp³-hybridized carbons (Fsp3) is 0.200. The third-order valence-corrected chi connectivity index (χ3v) is 3.37. The van der Waals surface area contributed by atoms with E-state index in [0.29, 0.717) is 21.6 Å². The van der Waals surface area contributed by atoms with Gasteiger partial charge in [-0.2, -0.15) is 0 Å². The van der Waals surface area contributed by atoms with Gasteiger partial charge >= 0.3 is 6.03 Å². The van der Waals surface area contributed by atoms with Crippen molar-refractivity contribution in [2.24, 2.45) is 0 Å². The molecule has 0 saturated heterocycles. The van der Waals surface area contributed by atoms with Crippen LogP contribution in [-0.2, 0) is 0 Å². The monoisotopic (exact) mass is 338 g/mol.